The van der Waals surface area contributed by atoms with Crippen molar-refractivity contribution in [2.75, 3.05) is 18.2 Å². The summed E-state index contributed by atoms with van der Waals surface area (Å²) in [5.74, 6) is 0.643. The van der Waals surface area contributed by atoms with E-state index in [2.05, 4.69) is 5.32 Å². The van der Waals surface area contributed by atoms with Gasteiger partial charge in [0.1, 0.15) is 5.75 Å². The number of halogens is 2. The van der Waals surface area contributed by atoms with Crippen molar-refractivity contribution < 1.29 is 4.74 Å². The zero-order valence-corrected chi connectivity index (χ0v) is 12.8. The molecule has 0 aromatic heterocycles. The van der Waals surface area contributed by atoms with Gasteiger partial charge in [-0.25, -0.2) is 0 Å². The standard InChI is InChI=1S/C15H16Cl2N2O/c1-9(12-5-3-10(16)7-13(12)17)19-11-4-6-14(18)15(8-11)20-2/h3-9,19H,18H2,1-2H3. The van der Waals surface area contributed by atoms with Crippen molar-refractivity contribution in [1.82, 2.24) is 0 Å². The molecule has 1 unspecified atom stereocenters. The zero-order chi connectivity index (χ0) is 14.7. The zero-order valence-electron chi connectivity index (χ0n) is 11.3. The molecule has 0 aliphatic heterocycles. The summed E-state index contributed by atoms with van der Waals surface area (Å²) in [5, 5.41) is 4.62. The number of hydrogen-bond donors (Lipinski definition) is 2. The first-order valence-electron chi connectivity index (χ1n) is 6.16. The maximum atomic E-state index is 6.21. The molecule has 0 saturated heterocycles. The molecule has 0 fully saturated rings. The van der Waals surface area contributed by atoms with E-state index in [0.29, 0.717) is 21.5 Å². The first kappa shape index (κ1) is 14.8. The van der Waals surface area contributed by atoms with Gasteiger partial charge in [-0.3, -0.25) is 0 Å². The Morgan fingerprint density at radius 3 is 2.55 bits per heavy atom. The number of nitrogens with two attached hydrogens (primary N) is 1. The van der Waals surface area contributed by atoms with Crippen LogP contribution in [0.5, 0.6) is 5.75 Å². The lowest BCUT2D eigenvalue weighted by molar-refractivity contribution is 0.417. The number of anilines is 2. The van der Waals surface area contributed by atoms with E-state index in [1.807, 2.05) is 31.2 Å². The number of hydrogen-bond acceptors (Lipinski definition) is 3. The second-order valence-electron chi connectivity index (χ2n) is 4.49. The lowest BCUT2D eigenvalue weighted by Crippen LogP contribution is -2.07. The van der Waals surface area contributed by atoms with Crippen LogP contribution in [-0.4, -0.2) is 7.11 Å². The van der Waals surface area contributed by atoms with Gasteiger partial charge in [0.05, 0.1) is 12.8 Å². The van der Waals surface area contributed by atoms with E-state index in [1.54, 1.807) is 19.2 Å². The van der Waals surface area contributed by atoms with E-state index in [4.69, 9.17) is 33.7 Å². The largest absolute Gasteiger partial charge is 0.495 e. The Kier molecular flexibility index (Phi) is 4.63. The van der Waals surface area contributed by atoms with E-state index in [1.165, 1.54) is 0 Å². The van der Waals surface area contributed by atoms with Crippen LogP contribution in [-0.2, 0) is 0 Å². The van der Waals surface area contributed by atoms with Crippen molar-refractivity contribution in [2.24, 2.45) is 0 Å². The van der Waals surface area contributed by atoms with Crippen molar-refractivity contribution >= 4 is 34.6 Å². The van der Waals surface area contributed by atoms with Crippen LogP contribution in [0, 0.1) is 0 Å². The molecule has 2 rings (SSSR count). The van der Waals surface area contributed by atoms with Crippen LogP contribution < -0.4 is 15.8 Å². The average molecular weight is 311 g/mol. The van der Waals surface area contributed by atoms with Crippen LogP contribution in [0.2, 0.25) is 10.0 Å². The normalized spacial score (nSPS) is 12.0. The van der Waals surface area contributed by atoms with Crippen LogP contribution in [0.4, 0.5) is 11.4 Å². The number of methoxy groups -OCH3 is 1. The Morgan fingerprint density at radius 2 is 1.90 bits per heavy atom. The van der Waals surface area contributed by atoms with Crippen LogP contribution in [0.25, 0.3) is 0 Å². The number of nitrogens with one attached hydrogen (secondary N) is 1. The van der Waals surface area contributed by atoms with Gasteiger partial charge in [0.2, 0.25) is 0 Å². The number of nitrogen functional groups attached to an aromatic ring is 1. The molecule has 0 aliphatic carbocycles. The SMILES string of the molecule is COc1cc(NC(C)c2ccc(Cl)cc2Cl)ccc1N. The van der Waals surface area contributed by atoms with Gasteiger partial charge in [-0.1, -0.05) is 29.3 Å². The van der Waals surface area contributed by atoms with Gasteiger partial charge < -0.3 is 15.8 Å². The van der Waals surface area contributed by atoms with Crippen molar-refractivity contribution in [2.45, 2.75) is 13.0 Å². The highest BCUT2D eigenvalue weighted by Crippen LogP contribution is 2.31. The molecule has 0 bridgehead atoms. The third-order valence-corrected chi connectivity index (χ3v) is 3.61. The van der Waals surface area contributed by atoms with Crippen molar-refractivity contribution in [3.8, 4) is 5.75 Å². The van der Waals surface area contributed by atoms with E-state index in [-0.39, 0.29) is 6.04 Å². The minimum Gasteiger partial charge on any atom is -0.495 e. The van der Waals surface area contributed by atoms with E-state index in [0.717, 1.165) is 11.3 Å². The summed E-state index contributed by atoms with van der Waals surface area (Å²) in [6.07, 6.45) is 0. The predicted molar refractivity (Wildman–Crippen MR) is 85.9 cm³/mol. The summed E-state index contributed by atoms with van der Waals surface area (Å²) in [4.78, 5) is 0. The molecule has 2 aromatic rings. The van der Waals surface area contributed by atoms with Gasteiger partial charge in [-0.05, 0) is 36.8 Å². The van der Waals surface area contributed by atoms with E-state index >= 15 is 0 Å². The molecule has 1 atom stereocenters. The lowest BCUT2D eigenvalue weighted by atomic mass is 10.1. The smallest absolute Gasteiger partial charge is 0.143 e. The van der Waals surface area contributed by atoms with Gasteiger partial charge in [0.25, 0.3) is 0 Å². The fourth-order valence-electron chi connectivity index (χ4n) is 1.98. The third-order valence-electron chi connectivity index (χ3n) is 3.05. The first-order chi connectivity index (χ1) is 9.51. The van der Waals surface area contributed by atoms with Crippen LogP contribution in [0.15, 0.2) is 36.4 Å². The molecule has 0 amide bonds. The summed E-state index contributed by atoms with van der Waals surface area (Å²) < 4.78 is 5.20. The second-order valence-corrected chi connectivity index (χ2v) is 5.33. The highest BCUT2D eigenvalue weighted by Gasteiger charge is 2.11. The van der Waals surface area contributed by atoms with Gasteiger partial charge in [0.15, 0.2) is 0 Å². The second kappa shape index (κ2) is 6.25. The van der Waals surface area contributed by atoms with Crippen LogP contribution in [0.3, 0.4) is 0 Å². The first-order valence-corrected chi connectivity index (χ1v) is 6.92. The molecule has 0 heterocycles. The minimum absolute atomic E-state index is 0.0353. The topological polar surface area (TPSA) is 47.3 Å². The molecule has 106 valence electrons. The summed E-state index contributed by atoms with van der Waals surface area (Å²) in [6.45, 7) is 2.03. The average Bonchev–Trinajstić information content (AvgIpc) is 2.40. The molecule has 0 saturated carbocycles. The number of rotatable bonds is 4. The quantitative estimate of drug-likeness (QED) is 0.801. The molecular weight excluding hydrogens is 295 g/mol. The molecule has 0 radical (unpaired) electrons. The highest BCUT2D eigenvalue weighted by atomic mass is 35.5. The monoisotopic (exact) mass is 310 g/mol. The molecule has 2 aromatic carbocycles. The van der Waals surface area contributed by atoms with Crippen LogP contribution in [0.1, 0.15) is 18.5 Å². The van der Waals surface area contributed by atoms with Crippen LogP contribution >= 0.6 is 23.2 Å². The molecule has 3 N–H and O–H groups in total. The minimum atomic E-state index is 0.0353. The Balaban J connectivity index is 2.21. The molecule has 0 aliphatic rings. The highest BCUT2D eigenvalue weighted by molar-refractivity contribution is 6.35. The number of benzene rings is 2. The van der Waals surface area contributed by atoms with Gasteiger partial charge >= 0.3 is 0 Å². The Bertz CT molecular complexity index is 617. The molecule has 0 spiro atoms. The van der Waals surface area contributed by atoms with E-state index < -0.39 is 0 Å². The van der Waals surface area contributed by atoms with Crippen molar-refractivity contribution in [3.63, 3.8) is 0 Å². The molecule has 20 heavy (non-hydrogen) atoms. The summed E-state index contributed by atoms with van der Waals surface area (Å²) in [5.41, 5.74) is 8.29. The summed E-state index contributed by atoms with van der Waals surface area (Å²) in [7, 11) is 1.59. The summed E-state index contributed by atoms with van der Waals surface area (Å²) in [6, 6.07) is 11.1. The maximum Gasteiger partial charge on any atom is 0.143 e. The lowest BCUT2D eigenvalue weighted by Gasteiger charge is -2.18. The molecule has 3 nitrogen and oxygen atoms in total. The Morgan fingerprint density at radius 1 is 1.15 bits per heavy atom. The van der Waals surface area contributed by atoms with E-state index in [9.17, 15) is 0 Å². The van der Waals surface area contributed by atoms with Crippen molar-refractivity contribution in [3.05, 3.63) is 52.0 Å². The third kappa shape index (κ3) is 3.30. The Labute approximate surface area is 128 Å². The Hall–Kier alpha value is -1.58. The van der Waals surface area contributed by atoms with Gasteiger partial charge in [-0.2, -0.15) is 0 Å². The van der Waals surface area contributed by atoms with Gasteiger partial charge in [0, 0.05) is 27.8 Å². The molecule has 5 heteroatoms. The predicted octanol–water partition coefficient (Wildman–Crippen LogP) is 4.76. The maximum absolute atomic E-state index is 6.21. The van der Waals surface area contributed by atoms with Crippen molar-refractivity contribution in [1.29, 1.82) is 0 Å². The molecular formula is C15H16Cl2N2O. The van der Waals surface area contributed by atoms with Gasteiger partial charge in [-0.15, -0.1) is 0 Å². The fraction of sp³-hybridized carbons (Fsp3) is 0.200. The summed E-state index contributed by atoms with van der Waals surface area (Å²) >= 11 is 12.1. The fourth-order valence-corrected chi connectivity index (χ4v) is 2.55. The number of ether oxygens (including phenoxy) is 1.